The number of aromatic nitrogens is 1. The van der Waals surface area contributed by atoms with Gasteiger partial charge in [0.2, 0.25) is 10.0 Å². The minimum Gasteiger partial charge on any atom is -0.314 e. The number of aldehydes is 1. The van der Waals surface area contributed by atoms with Crippen molar-refractivity contribution in [3.8, 4) is 0 Å². The molecule has 2 heterocycles. The zero-order valence-electron chi connectivity index (χ0n) is 9.17. The molecule has 0 aliphatic carbocycles. The first kappa shape index (κ1) is 12.2. The van der Waals surface area contributed by atoms with Crippen molar-refractivity contribution in [3.63, 3.8) is 0 Å². The lowest BCUT2D eigenvalue weighted by atomic mass is 10.4. The van der Waals surface area contributed by atoms with E-state index in [1.54, 1.807) is 0 Å². The highest BCUT2D eigenvalue weighted by atomic mass is 32.2. The molecule has 1 saturated heterocycles. The van der Waals surface area contributed by atoms with Gasteiger partial charge < -0.3 is 5.32 Å². The zero-order chi connectivity index (χ0) is 12.3. The van der Waals surface area contributed by atoms with Crippen LogP contribution in [0.15, 0.2) is 23.2 Å². The van der Waals surface area contributed by atoms with Gasteiger partial charge in [0.05, 0.1) is 0 Å². The average molecular weight is 255 g/mol. The molecule has 1 fully saturated rings. The molecule has 0 radical (unpaired) electrons. The van der Waals surface area contributed by atoms with Gasteiger partial charge in [-0.15, -0.1) is 0 Å². The van der Waals surface area contributed by atoms with Crippen molar-refractivity contribution >= 4 is 16.3 Å². The van der Waals surface area contributed by atoms with Crippen LogP contribution in [0.5, 0.6) is 0 Å². The molecule has 0 amide bonds. The van der Waals surface area contributed by atoms with Gasteiger partial charge >= 0.3 is 0 Å². The lowest BCUT2D eigenvalue weighted by Crippen LogP contribution is -2.46. The minimum atomic E-state index is -3.47. The van der Waals surface area contributed by atoms with Crippen LogP contribution in [0.3, 0.4) is 0 Å². The topological polar surface area (TPSA) is 79.4 Å². The van der Waals surface area contributed by atoms with Gasteiger partial charge in [-0.2, -0.15) is 4.31 Å². The molecule has 1 N–H and O–H groups in total. The number of rotatable bonds is 3. The van der Waals surface area contributed by atoms with Gasteiger partial charge in [0.25, 0.3) is 0 Å². The minimum absolute atomic E-state index is 0.130. The average Bonchev–Trinajstić information content (AvgIpc) is 2.40. The molecule has 0 saturated carbocycles. The smallest absolute Gasteiger partial charge is 0.244 e. The van der Waals surface area contributed by atoms with E-state index in [9.17, 15) is 13.2 Å². The van der Waals surface area contributed by atoms with Crippen LogP contribution < -0.4 is 5.32 Å². The fourth-order valence-corrected chi connectivity index (χ4v) is 3.04. The molecule has 2 rings (SSSR count). The third-order valence-corrected chi connectivity index (χ3v) is 4.48. The Morgan fingerprint density at radius 3 is 2.53 bits per heavy atom. The first-order valence-corrected chi connectivity index (χ1v) is 6.71. The Kier molecular flexibility index (Phi) is 3.51. The van der Waals surface area contributed by atoms with E-state index in [-0.39, 0.29) is 10.6 Å². The second kappa shape index (κ2) is 4.91. The van der Waals surface area contributed by atoms with Crippen molar-refractivity contribution in [2.75, 3.05) is 26.2 Å². The number of nitrogens with zero attached hydrogens (tertiary/aromatic N) is 2. The van der Waals surface area contributed by atoms with Gasteiger partial charge in [0.1, 0.15) is 10.6 Å². The van der Waals surface area contributed by atoms with Crippen LogP contribution in [0.25, 0.3) is 0 Å². The van der Waals surface area contributed by atoms with Crippen molar-refractivity contribution in [1.29, 1.82) is 0 Å². The summed E-state index contributed by atoms with van der Waals surface area (Å²) in [5, 5.41) is 3.09. The summed E-state index contributed by atoms with van der Waals surface area (Å²) in [6.45, 7) is 2.22. The third-order valence-electron chi connectivity index (χ3n) is 2.59. The molecule has 0 aromatic carbocycles. The zero-order valence-corrected chi connectivity index (χ0v) is 9.98. The number of hydrogen-bond acceptors (Lipinski definition) is 5. The summed E-state index contributed by atoms with van der Waals surface area (Å²) < 4.78 is 25.7. The molecular formula is C10H13N3O3S. The van der Waals surface area contributed by atoms with Gasteiger partial charge in [0.15, 0.2) is 6.29 Å². The first-order chi connectivity index (χ1) is 8.14. The van der Waals surface area contributed by atoms with E-state index in [4.69, 9.17) is 0 Å². The number of hydrogen-bond donors (Lipinski definition) is 1. The summed E-state index contributed by atoms with van der Waals surface area (Å²) in [6.07, 6.45) is 1.81. The molecule has 1 aromatic rings. The van der Waals surface area contributed by atoms with Crippen LogP contribution in [0, 0.1) is 0 Å². The fourth-order valence-electron chi connectivity index (χ4n) is 1.65. The third kappa shape index (κ3) is 2.51. The summed E-state index contributed by atoms with van der Waals surface area (Å²) >= 11 is 0. The molecule has 0 unspecified atom stereocenters. The second-order valence-electron chi connectivity index (χ2n) is 3.69. The normalized spacial score (nSPS) is 17.9. The van der Waals surface area contributed by atoms with E-state index >= 15 is 0 Å². The van der Waals surface area contributed by atoms with Gasteiger partial charge in [0, 0.05) is 32.4 Å². The van der Waals surface area contributed by atoms with E-state index in [2.05, 4.69) is 10.3 Å². The maximum atomic E-state index is 12.2. The summed E-state index contributed by atoms with van der Waals surface area (Å²) in [6, 6.07) is 2.82. The van der Waals surface area contributed by atoms with Crippen molar-refractivity contribution in [2.45, 2.75) is 4.90 Å². The van der Waals surface area contributed by atoms with Crippen molar-refractivity contribution in [3.05, 3.63) is 24.0 Å². The summed E-state index contributed by atoms with van der Waals surface area (Å²) in [4.78, 5) is 14.3. The molecule has 7 heteroatoms. The molecule has 92 valence electrons. The summed E-state index contributed by atoms with van der Waals surface area (Å²) in [7, 11) is -3.47. The Morgan fingerprint density at radius 2 is 2.00 bits per heavy atom. The van der Waals surface area contributed by atoms with Crippen molar-refractivity contribution in [2.24, 2.45) is 0 Å². The first-order valence-electron chi connectivity index (χ1n) is 5.27. The Morgan fingerprint density at radius 1 is 1.29 bits per heavy atom. The van der Waals surface area contributed by atoms with Crippen LogP contribution in [0.1, 0.15) is 10.5 Å². The molecule has 17 heavy (non-hydrogen) atoms. The summed E-state index contributed by atoms with van der Waals surface area (Å²) in [5.41, 5.74) is 0.226. The van der Waals surface area contributed by atoms with E-state index in [0.717, 1.165) is 0 Å². The highest BCUT2D eigenvalue weighted by Crippen LogP contribution is 2.14. The second-order valence-corrected chi connectivity index (χ2v) is 5.63. The van der Waals surface area contributed by atoms with E-state index in [1.165, 1.54) is 22.6 Å². The molecule has 1 aliphatic heterocycles. The van der Waals surface area contributed by atoms with Crippen molar-refractivity contribution < 1.29 is 13.2 Å². The number of nitrogens with one attached hydrogen (secondary N) is 1. The Balaban J connectivity index is 2.26. The predicted octanol–water partition coefficient (Wildman–Crippen LogP) is -0.512. The maximum Gasteiger partial charge on any atom is 0.244 e. The van der Waals surface area contributed by atoms with Crippen LogP contribution in [-0.4, -0.2) is 50.2 Å². The molecule has 0 bridgehead atoms. The van der Waals surface area contributed by atoms with Crippen LogP contribution >= 0.6 is 0 Å². The number of piperazine rings is 1. The number of carbonyl (C=O) groups excluding carboxylic acids is 1. The lowest BCUT2D eigenvalue weighted by Gasteiger charge is -2.26. The fraction of sp³-hybridized carbons (Fsp3) is 0.400. The van der Waals surface area contributed by atoms with Crippen LogP contribution in [0.2, 0.25) is 0 Å². The highest BCUT2D eigenvalue weighted by Gasteiger charge is 2.25. The highest BCUT2D eigenvalue weighted by molar-refractivity contribution is 7.89. The van der Waals surface area contributed by atoms with E-state index < -0.39 is 10.0 Å². The number of sulfonamides is 1. The monoisotopic (exact) mass is 255 g/mol. The predicted molar refractivity (Wildman–Crippen MR) is 61.3 cm³/mol. The number of carbonyl (C=O) groups is 1. The van der Waals surface area contributed by atoms with Crippen LogP contribution in [0.4, 0.5) is 0 Å². The molecular weight excluding hydrogens is 242 g/mol. The Hall–Kier alpha value is -1.31. The Bertz CT molecular complexity index is 492. The SMILES string of the molecule is O=Cc1ccc(S(=O)(=O)N2CCNCC2)cn1. The van der Waals surface area contributed by atoms with E-state index in [0.29, 0.717) is 32.5 Å². The van der Waals surface area contributed by atoms with Crippen LogP contribution in [-0.2, 0) is 10.0 Å². The number of pyridine rings is 1. The van der Waals surface area contributed by atoms with Gasteiger partial charge in [-0.05, 0) is 12.1 Å². The quantitative estimate of drug-likeness (QED) is 0.736. The molecule has 0 spiro atoms. The van der Waals surface area contributed by atoms with Crippen molar-refractivity contribution in [1.82, 2.24) is 14.6 Å². The van der Waals surface area contributed by atoms with Gasteiger partial charge in [-0.1, -0.05) is 0 Å². The molecule has 1 aromatic heterocycles. The Labute approximate surface area is 99.7 Å². The van der Waals surface area contributed by atoms with Gasteiger partial charge in [-0.25, -0.2) is 8.42 Å². The molecule has 6 nitrogen and oxygen atoms in total. The largest absolute Gasteiger partial charge is 0.314 e. The van der Waals surface area contributed by atoms with E-state index in [1.807, 2.05) is 0 Å². The standard InChI is InChI=1S/C10H13N3O3S/c14-8-9-1-2-10(7-12-9)17(15,16)13-5-3-11-4-6-13/h1-2,7-8,11H,3-6H2. The molecule has 1 aliphatic rings. The maximum absolute atomic E-state index is 12.2. The lowest BCUT2D eigenvalue weighted by molar-refractivity contribution is 0.111. The summed E-state index contributed by atoms with van der Waals surface area (Å²) in [5.74, 6) is 0. The molecule has 0 atom stereocenters. The van der Waals surface area contributed by atoms with Gasteiger partial charge in [-0.3, -0.25) is 9.78 Å².